The highest BCUT2D eigenvalue weighted by molar-refractivity contribution is 6.20. The molecule has 7 heteroatoms. The van der Waals surface area contributed by atoms with Gasteiger partial charge in [-0.05, 0) is 17.7 Å². The summed E-state index contributed by atoms with van der Waals surface area (Å²) in [6.45, 7) is 2.75. The molecule has 0 saturated heterocycles. The third kappa shape index (κ3) is 3.82. The maximum atomic E-state index is 13.0. The molecule has 0 fully saturated rings. The van der Waals surface area contributed by atoms with Crippen LogP contribution in [0.25, 0.3) is 0 Å². The van der Waals surface area contributed by atoms with Crippen LogP contribution in [-0.4, -0.2) is 31.9 Å². The summed E-state index contributed by atoms with van der Waals surface area (Å²) in [6.07, 6.45) is 0.0706. The third-order valence-electron chi connectivity index (χ3n) is 3.22. The van der Waals surface area contributed by atoms with Gasteiger partial charge in [-0.25, -0.2) is 13.8 Å². The maximum absolute atomic E-state index is 13.0. The summed E-state index contributed by atoms with van der Waals surface area (Å²) in [5.74, 6) is -2.87. The Balaban J connectivity index is 2.85. The Labute approximate surface area is 119 Å². The van der Waals surface area contributed by atoms with Gasteiger partial charge in [-0.15, -0.1) is 0 Å². The van der Waals surface area contributed by atoms with Gasteiger partial charge in [0.1, 0.15) is 11.6 Å². The van der Waals surface area contributed by atoms with E-state index in [1.54, 1.807) is 13.8 Å². The van der Waals surface area contributed by atoms with Gasteiger partial charge in [0.2, 0.25) is 0 Å². The summed E-state index contributed by atoms with van der Waals surface area (Å²) in [7, 11) is 11.1. The number of rotatable bonds is 5. The molecular formula is C13H15B2F2NO2. The maximum Gasteiger partial charge on any atom is 0.251 e. The van der Waals surface area contributed by atoms with Gasteiger partial charge in [-0.3, -0.25) is 10.0 Å². The molecule has 0 spiro atoms. The number of hydrogen-bond donors (Lipinski definition) is 1. The third-order valence-corrected chi connectivity index (χ3v) is 3.22. The van der Waals surface area contributed by atoms with Gasteiger partial charge < -0.3 is 0 Å². The molecule has 104 valence electrons. The lowest BCUT2D eigenvalue weighted by Crippen LogP contribution is -2.41. The van der Waals surface area contributed by atoms with Crippen molar-refractivity contribution in [2.45, 2.75) is 32.5 Å². The fourth-order valence-electron chi connectivity index (χ4n) is 1.73. The lowest BCUT2D eigenvalue weighted by Gasteiger charge is -2.33. The lowest BCUT2D eigenvalue weighted by molar-refractivity contribution is -0.178. The van der Waals surface area contributed by atoms with E-state index in [4.69, 9.17) is 15.7 Å². The van der Waals surface area contributed by atoms with E-state index < -0.39 is 28.8 Å². The van der Waals surface area contributed by atoms with Gasteiger partial charge in [0.15, 0.2) is 0 Å². The SMILES string of the molecule is [B]CC([B])C(C)(C)C(=O)N(O)Cc1cc(F)cc(F)c1. The van der Waals surface area contributed by atoms with Crippen molar-refractivity contribution in [3.8, 4) is 0 Å². The molecule has 1 amide bonds. The van der Waals surface area contributed by atoms with Gasteiger partial charge >= 0.3 is 0 Å². The van der Waals surface area contributed by atoms with Crippen LogP contribution in [0.15, 0.2) is 18.2 Å². The van der Waals surface area contributed by atoms with Crippen molar-refractivity contribution in [2.24, 2.45) is 5.41 Å². The molecule has 1 rings (SSSR count). The summed E-state index contributed by atoms with van der Waals surface area (Å²) in [5, 5.41) is 10.2. The van der Waals surface area contributed by atoms with Gasteiger partial charge in [0, 0.05) is 11.5 Å². The molecule has 0 bridgehead atoms. The van der Waals surface area contributed by atoms with Crippen LogP contribution < -0.4 is 0 Å². The predicted molar refractivity (Wildman–Crippen MR) is 72.5 cm³/mol. The van der Waals surface area contributed by atoms with Gasteiger partial charge in [0.05, 0.1) is 22.2 Å². The molecule has 0 aliphatic rings. The van der Waals surface area contributed by atoms with Gasteiger partial charge in [-0.2, -0.15) is 0 Å². The molecule has 20 heavy (non-hydrogen) atoms. The van der Waals surface area contributed by atoms with E-state index in [2.05, 4.69) is 0 Å². The fourth-order valence-corrected chi connectivity index (χ4v) is 1.73. The Hall–Kier alpha value is -1.36. The molecular weight excluding hydrogens is 262 g/mol. The van der Waals surface area contributed by atoms with Crippen molar-refractivity contribution in [2.75, 3.05) is 0 Å². The summed E-state index contributed by atoms with van der Waals surface area (Å²) < 4.78 is 26.1. The van der Waals surface area contributed by atoms with Crippen molar-refractivity contribution in [3.05, 3.63) is 35.4 Å². The second-order valence-corrected chi connectivity index (χ2v) is 5.20. The quantitative estimate of drug-likeness (QED) is 0.509. The smallest absolute Gasteiger partial charge is 0.251 e. The predicted octanol–water partition coefficient (Wildman–Crippen LogP) is 2.25. The second kappa shape index (κ2) is 6.39. The van der Waals surface area contributed by atoms with Gasteiger partial charge in [-0.1, -0.05) is 26.0 Å². The highest BCUT2D eigenvalue weighted by atomic mass is 19.1. The number of halogens is 2. The first kappa shape index (κ1) is 16.7. The number of hydroxylamine groups is 2. The van der Waals surface area contributed by atoms with Crippen molar-refractivity contribution in [1.29, 1.82) is 0 Å². The van der Waals surface area contributed by atoms with Crippen LogP contribution in [0.4, 0.5) is 8.78 Å². The fraction of sp³-hybridized carbons (Fsp3) is 0.462. The van der Waals surface area contributed by atoms with E-state index in [0.29, 0.717) is 11.1 Å². The van der Waals surface area contributed by atoms with E-state index >= 15 is 0 Å². The first-order valence-electron chi connectivity index (χ1n) is 6.10. The molecule has 1 atom stereocenters. The molecule has 3 nitrogen and oxygen atoms in total. The molecule has 0 aliphatic carbocycles. The standard InChI is InChI=1S/C13H15B2F2NO2/c1-13(2,11(15)6-14)12(19)18(20)7-8-3-9(16)5-10(17)4-8/h3-5,11,20H,6-7H2,1-2H3. The number of carbonyl (C=O) groups is 1. The van der Waals surface area contributed by atoms with Crippen molar-refractivity contribution in [3.63, 3.8) is 0 Å². The zero-order chi connectivity index (χ0) is 15.5. The normalized spacial score (nSPS) is 13.1. The average molecular weight is 277 g/mol. The minimum atomic E-state index is -1.09. The molecule has 1 aromatic carbocycles. The summed E-state index contributed by atoms with van der Waals surface area (Å²) in [4.78, 5) is 12.1. The van der Waals surface area contributed by atoms with Crippen molar-refractivity contribution < 1.29 is 18.8 Å². The van der Waals surface area contributed by atoms with Crippen molar-refractivity contribution >= 4 is 21.6 Å². The molecule has 1 aromatic rings. The van der Waals surface area contributed by atoms with Crippen LogP contribution in [0.1, 0.15) is 19.4 Å². The molecule has 1 unspecified atom stereocenters. The first-order chi connectivity index (χ1) is 9.18. The highest BCUT2D eigenvalue weighted by Gasteiger charge is 2.35. The highest BCUT2D eigenvalue weighted by Crippen LogP contribution is 2.33. The van der Waals surface area contributed by atoms with E-state index in [0.717, 1.165) is 12.1 Å². The van der Waals surface area contributed by atoms with Crippen LogP contribution in [0.2, 0.25) is 12.1 Å². The van der Waals surface area contributed by atoms with E-state index in [1.165, 1.54) is 0 Å². The molecule has 0 aromatic heterocycles. The molecule has 0 heterocycles. The molecule has 1 N–H and O–H groups in total. The summed E-state index contributed by atoms with van der Waals surface area (Å²) >= 11 is 0. The summed E-state index contributed by atoms with van der Waals surface area (Å²) in [6, 6.07) is 2.78. The number of nitrogens with zero attached hydrogens (tertiary/aromatic N) is 1. The van der Waals surface area contributed by atoms with Crippen LogP contribution >= 0.6 is 0 Å². The monoisotopic (exact) mass is 277 g/mol. The number of amides is 1. The minimum absolute atomic E-state index is 0.0706. The van der Waals surface area contributed by atoms with Crippen LogP contribution in [0, 0.1) is 17.0 Å². The Bertz CT molecular complexity index is 477. The zero-order valence-corrected chi connectivity index (χ0v) is 11.4. The number of benzene rings is 1. The molecule has 4 radical (unpaired) electrons. The number of carbonyl (C=O) groups excluding carboxylic acids is 1. The van der Waals surface area contributed by atoms with Crippen LogP contribution in [0.3, 0.4) is 0 Å². The Morgan fingerprint density at radius 3 is 2.30 bits per heavy atom. The van der Waals surface area contributed by atoms with Crippen LogP contribution in [0.5, 0.6) is 0 Å². The largest absolute Gasteiger partial charge is 0.286 e. The minimum Gasteiger partial charge on any atom is -0.286 e. The summed E-state index contributed by atoms with van der Waals surface area (Å²) in [5.41, 5.74) is -0.953. The topological polar surface area (TPSA) is 40.5 Å². The molecule has 0 aliphatic heterocycles. The second-order valence-electron chi connectivity index (χ2n) is 5.20. The number of hydrogen-bond acceptors (Lipinski definition) is 2. The first-order valence-corrected chi connectivity index (χ1v) is 6.10. The van der Waals surface area contributed by atoms with Crippen LogP contribution in [-0.2, 0) is 11.3 Å². The Kier molecular flexibility index (Phi) is 5.34. The van der Waals surface area contributed by atoms with E-state index in [-0.39, 0.29) is 18.4 Å². The average Bonchev–Trinajstić information content (AvgIpc) is 2.35. The van der Waals surface area contributed by atoms with E-state index in [1.807, 2.05) is 0 Å². The molecule has 0 saturated carbocycles. The van der Waals surface area contributed by atoms with E-state index in [9.17, 15) is 18.8 Å². The van der Waals surface area contributed by atoms with Crippen molar-refractivity contribution in [1.82, 2.24) is 5.06 Å². The Morgan fingerprint density at radius 1 is 1.35 bits per heavy atom. The Morgan fingerprint density at radius 2 is 1.85 bits per heavy atom. The zero-order valence-electron chi connectivity index (χ0n) is 11.4. The van der Waals surface area contributed by atoms with Gasteiger partial charge in [0.25, 0.3) is 5.91 Å². The lowest BCUT2D eigenvalue weighted by atomic mass is 9.61.